The van der Waals surface area contributed by atoms with E-state index >= 15 is 0 Å². The highest BCUT2D eigenvalue weighted by Crippen LogP contribution is 2.29. The fourth-order valence-corrected chi connectivity index (χ4v) is 2.89. The van der Waals surface area contributed by atoms with E-state index in [0.29, 0.717) is 6.42 Å². The van der Waals surface area contributed by atoms with Gasteiger partial charge in [0.1, 0.15) is 15.6 Å². The minimum Gasteiger partial charge on any atom is -0.497 e. The molecule has 0 radical (unpaired) electrons. The van der Waals surface area contributed by atoms with Gasteiger partial charge in [-0.1, -0.05) is 15.9 Å². The molecule has 18 heavy (non-hydrogen) atoms. The zero-order valence-corrected chi connectivity index (χ0v) is 13.1. The number of hydrogen-bond donors (Lipinski definition) is 1. The van der Waals surface area contributed by atoms with Crippen LogP contribution in [0.2, 0.25) is 0 Å². The summed E-state index contributed by atoms with van der Waals surface area (Å²) >= 11 is 3.48. The monoisotopic (exact) mass is 335 g/mol. The number of sulfone groups is 1. The van der Waals surface area contributed by atoms with E-state index < -0.39 is 9.84 Å². The van der Waals surface area contributed by atoms with E-state index in [9.17, 15) is 8.42 Å². The summed E-state index contributed by atoms with van der Waals surface area (Å²) in [7, 11) is 0.475. The van der Waals surface area contributed by atoms with Gasteiger partial charge in [-0.15, -0.1) is 0 Å². The normalized spacial score (nSPS) is 13.3. The Morgan fingerprint density at radius 2 is 2.11 bits per heavy atom. The summed E-state index contributed by atoms with van der Waals surface area (Å²) in [4.78, 5) is 0. The maximum absolute atomic E-state index is 11.2. The minimum atomic E-state index is -2.95. The van der Waals surface area contributed by atoms with Crippen LogP contribution < -0.4 is 10.1 Å². The van der Waals surface area contributed by atoms with Gasteiger partial charge in [0.15, 0.2) is 0 Å². The molecule has 0 spiro atoms. The van der Waals surface area contributed by atoms with Crippen LogP contribution in [0, 0.1) is 0 Å². The highest BCUT2D eigenvalue weighted by Gasteiger charge is 2.16. The van der Waals surface area contributed by atoms with Crippen molar-refractivity contribution in [1.29, 1.82) is 0 Å². The van der Waals surface area contributed by atoms with Gasteiger partial charge in [0, 0.05) is 16.8 Å². The van der Waals surface area contributed by atoms with Crippen molar-refractivity contribution in [3.05, 3.63) is 28.2 Å². The molecule has 1 aromatic rings. The molecular formula is C12H18BrNO3S. The molecule has 0 aliphatic heterocycles. The Kier molecular flexibility index (Phi) is 5.62. The van der Waals surface area contributed by atoms with Gasteiger partial charge >= 0.3 is 0 Å². The van der Waals surface area contributed by atoms with Gasteiger partial charge in [0.05, 0.1) is 12.9 Å². The van der Waals surface area contributed by atoms with Crippen molar-refractivity contribution in [3.8, 4) is 5.75 Å². The fraction of sp³-hybridized carbons (Fsp3) is 0.500. The Hall–Kier alpha value is -0.590. The molecule has 0 aliphatic rings. The van der Waals surface area contributed by atoms with Crippen LogP contribution in [0.4, 0.5) is 0 Å². The number of nitrogens with one attached hydrogen (secondary N) is 1. The van der Waals surface area contributed by atoms with E-state index in [0.717, 1.165) is 15.8 Å². The van der Waals surface area contributed by atoms with E-state index in [1.54, 1.807) is 7.11 Å². The molecule has 1 atom stereocenters. The Balaban J connectivity index is 2.94. The first-order valence-electron chi connectivity index (χ1n) is 5.56. The van der Waals surface area contributed by atoms with Crippen LogP contribution in [0.5, 0.6) is 5.75 Å². The van der Waals surface area contributed by atoms with Crippen molar-refractivity contribution < 1.29 is 13.2 Å². The molecule has 0 heterocycles. The Bertz CT molecular complexity index is 502. The molecule has 0 saturated carbocycles. The van der Waals surface area contributed by atoms with Crippen molar-refractivity contribution >= 4 is 25.8 Å². The predicted octanol–water partition coefficient (Wildman–Crippen LogP) is 2.15. The fourth-order valence-electron chi connectivity index (χ4n) is 1.70. The lowest BCUT2D eigenvalue weighted by molar-refractivity contribution is 0.413. The number of hydrogen-bond acceptors (Lipinski definition) is 4. The topological polar surface area (TPSA) is 55.4 Å². The van der Waals surface area contributed by atoms with Crippen LogP contribution in [-0.2, 0) is 9.84 Å². The zero-order chi connectivity index (χ0) is 13.8. The van der Waals surface area contributed by atoms with Crippen LogP contribution in [-0.4, -0.2) is 34.6 Å². The van der Waals surface area contributed by atoms with Gasteiger partial charge in [-0.25, -0.2) is 8.42 Å². The smallest absolute Gasteiger partial charge is 0.147 e. The van der Waals surface area contributed by atoms with E-state index in [2.05, 4.69) is 21.2 Å². The third-order valence-electron chi connectivity index (χ3n) is 2.70. The molecule has 0 saturated heterocycles. The second-order valence-corrected chi connectivity index (χ2v) is 7.26. The lowest BCUT2D eigenvalue weighted by Gasteiger charge is -2.18. The lowest BCUT2D eigenvalue weighted by Crippen LogP contribution is -2.20. The molecule has 1 rings (SSSR count). The molecule has 4 nitrogen and oxygen atoms in total. The van der Waals surface area contributed by atoms with Crippen molar-refractivity contribution in [1.82, 2.24) is 5.32 Å². The lowest BCUT2D eigenvalue weighted by atomic mass is 10.0. The summed E-state index contributed by atoms with van der Waals surface area (Å²) in [6.45, 7) is 0. The molecule has 0 aromatic heterocycles. The van der Waals surface area contributed by atoms with E-state index in [-0.39, 0.29) is 11.8 Å². The predicted molar refractivity (Wildman–Crippen MR) is 76.8 cm³/mol. The molecule has 0 aliphatic carbocycles. The van der Waals surface area contributed by atoms with Gasteiger partial charge in [0.25, 0.3) is 0 Å². The molecule has 0 bridgehead atoms. The van der Waals surface area contributed by atoms with Crippen LogP contribution >= 0.6 is 15.9 Å². The highest BCUT2D eigenvalue weighted by molar-refractivity contribution is 9.10. The molecule has 102 valence electrons. The molecule has 0 fully saturated rings. The molecule has 1 unspecified atom stereocenters. The summed E-state index contributed by atoms with van der Waals surface area (Å²) in [5.74, 6) is 0.912. The second kappa shape index (κ2) is 6.54. The van der Waals surface area contributed by atoms with Crippen molar-refractivity contribution in [2.24, 2.45) is 0 Å². The van der Waals surface area contributed by atoms with Crippen LogP contribution in [0.3, 0.4) is 0 Å². The zero-order valence-electron chi connectivity index (χ0n) is 10.7. The number of methoxy groups -OCH3 is 1. The largest absolute Gasteiger partial charge is 0.497 e. The van der Waals surface area contributed by atoms with Crippen molar-refractivity contribution in [2.45, 2.75) is 12.5 Å². The molecule has 0 amide bonds. The summed E-state index contributed by atoms with van der Waals surface area (Å²) in [6.07, 6.45) is 1.78. The van der Waals surface area contributed by atoms with Gasteiger partial charge in [0.2, 0.25) is 0 Å². The standard InChI is InChI=1S/C12H18BrNO3S/c1-14-12(6-7-18(3,15)16)10-8-9(17-2)4-5-11(10)13/h4-5,8,12,14H,6-7H2,1-3H3. The van der Waals surface area contributed by atoms with Gasteiger partial charge < -0.3 is 10.1 Å². The second-order valence-electron chi connectivity index (χ2n) is 4.15. The van der Waals surface area contributed by atoms with Gasteiger partial charge in [-0.05, 0) is 37.2 Å². The first-order chi connectivity index (χ1) is 8.37. The number of ether oxygens (including phenoxy) is 1. The maximum atomic E-state index is 11.2. The van der Waals surface area contributed by atoms with Gasteiger partial charge in [-0.2, -0.15) is 0 Å². The molecule has 6 heteroatoms. The summed E-state index contributed by atoms with van der Waals surface area (Å²) in [5.41, 5.74) is 1.00. The third-order valence-corrected chi connectivity index (χ3v) is 4.40. The average molecular weight is 336 g/mol. The summed E-state index contributed by atoms with van der Waals surface area (Å²) in [5, 5.41) is 3.13. The third kappa shape index (κ3) is 4.59. The van der Waals surface area contributed by atoms with Crippen molar-refractivity contribution in [3.63, 3.8) is 0 Å². The van der Waals surface area contributed by atoms with Crippen LogP contribution in [0.15, 0.2) is 22.7 Å². The van der Waals surface area contributed by atoms with Crippen molar-refractivity contribution in [2.75, 3.05) is 26.2 Å². The SMILES string of the molecule is CNC(CCS(C)(=O)=O)c1cc(OC)ccc1Br. The molecular weight excluding hydrogens is 318 g/mol. The van der Waals surface area contributed by atoms with Crippen LogP contribution in [0.25, 0.3) is 0 Å². The number of rotatable bonds is 6. The first kappa shape index (κ1) is 15.5. The maximum Gasteiger partial charge on any atom is 0.147 e. The first-order valence-corrected chi connectivity index (χ1v) is 8.41. The summed E-state index contributed by atoms with van der Waals surface area (Å²) in [6, 6.07) is 5.65. The highest BCUT2D eigenvalue weighted by atomic mass is 79.9. The summed E-state index contributed by atoms with van der Waals surface area (Å²) < 4.78 is 28.6. The van der Waals surface area contributed by atoms with Gasteiger partial charge in [-0.3, -0.25) is 0 Å². The average Bonchev–Trinajstić information content (AvgIpc) is 2.30. The van der Waals surface area contributed by atoms with E-state index in [1.165, 1.54) is 6.26 Å². The molecule has 1 aromatic carbocycles. The minimum absolute atomic E-state index is 0.0239. The molecule has 1 N–H and O–H groups in total. The van der Waals surface area contributed by atoms with E-state index in [4.69, 9.17) is 4.74 Å². The number of benzene rings is 1. The quantitative estimate of drug-likeness (QED) is 0.865. The van der Waals surface area contributed by atoms with Crippen LogP contribution in [0.1, 0.15) is 18.0 Å². The Morgan fingerprint density at radius 1 is 1.44 bits per heavy atom. The Labute approximate surface area is 117 Å². The number of halogens is 1. The van der Waals surface area contributed by atoms with E-state index in [1.807, 2.05) is 25.2 Å². The Morgan fingerprint density at radius 3 is 2.61 bits per heavy atom.